The van der Waals surface area contributed by atoms with Crippen molar-refractivity contribution >= 4 is 23.2 Å². The molecule has 154 valence electrons. The van der Waals surface area contributed by atoms with Gasteiger partial charge in [-0.15, -0.1) is 0 Å². The Morgan fingerprint density at radius 1 is 1.10 bits per heavy atom. The minimum atomic E-state index is -0.671. The second-order valence-corrected chi connectivity index (χ2v) is 7.24. The number of benzene rings is 2. The molecule has 0 aromatic heterocycles. The summed E-state index contributed by atoms with van der Waals surface area (Å²) >= 11 is 0. The molecule has 0 fully saturated rings. The maximum Gasteiger partial charge on any atom is 0.313 e. The van der Waals surface area contributed by atoms with Crippen LogP contribution in [0.15, 0.2) is 42.5 Å². The van der Waals surface area contributed by atoms with Crippen LogP contribution in [0.5, 0.6) is 5.75 Å². The van der Waals surface area contributed by atoms with Gasteiger partial charge in [-0.2, -0.15) is 0 Å². The van der Waals surface area contributed by atoms with E-state index < -0.39 is 11.8 Å². The van der Waals surface area contributed by atoms with Gasteiger partial charge in [0.2, 0.25) is 0 Å². The third-order valence-corrected chi connectivity index (χ3v) is 5.11. The number of hydrogen-bond acceptors (Lipinski definition) is 4. The Balaban J connectivity index is 1.49. The molecule has 2 aromatic carbocycles. The van der Waals surface area contributed by atoms with Gasteiger partial charge in [-0.1, -0.05) is 19.1 Å². The predicted octanol–water partition coefficient (Wildman–Crippen LogP) is 3.16. The van der Waals surface area contributed by atoms with Gasteiger partial charge >= 0.3 is 11.8 Å². The van der Waals surface area contributed by atoms with Gasteiger partial charge in [0.15, 0.2) is 0 Å². The van der Waals surface area contributed by atoms with Crippen LogP contribution in [0.25, 0.3) is 0 Å². The van der Waals surface area contributed by atoms with E-state index in [1.807, 2.05) is 0 Å². The molecule has 0 saturated carbocycles. The van der Waals surface area contributed by atoms with E-state index >= 15 is 0 Å². The van der Waals surface area contributed by atoms with Gasteiger partial charge in [-0.05, 0) is 67.1 Å². The van der Waals surface area contributed by atoms with Gasteiger partial charge in [0.05, 0.1) is 7.11 Å². The molecule has 2 aromatic rings. The molecule has 0 saturated heterocycles. The van der Waals surface area contributed by atoms with Crippen molar-refractivity contribution in [2.24, 2.45) is 0 Å². The monoisotopic (exact) mass is 395 g/mol. The molecule has 0 radical (unpaired) electrons. The lowest BCUT2D eigenvalue weighted by molar-refractivity contribution is -0.136. The van der Waals surface area contributed by atoms with E-state index in [2.05, 4.69) is 40.7 Å². The normalized spacial score (nSPS) is 12.8. The number of aryl methyl sites for hydroxylation is 1. The van der Waals surface area contributed by atoms with Crippen molar-refractivity contribution in [2.75, 3.05) is 37.0 Å². The van der Waals surface area contributed by atoms with Crippen LogP contribution in [0, 0.1) is 0 Å². The number of hydrogen-bond donors (Lipinski definition) is 2. The minimum absolute atomic E-state index is 0.423. The quantitative estimate of drug-likeness (QED) is 0.707. The fraction of sp³-hybridized carbons (Fsp3) is 0.391. The van der Waals surface area contributed by atoms with Crippen LogP contribution in [-0.4, -0.2) is 38.6 Å². The standard InChI is InChI=1S/C23H29N3O3/c1-3-14-26-15-4-5-18-16-17(6-11-21(18)26)12-13-24-22(27)23(28)25-19-7-9-20(29-2)10-8-19/h6-11,16H,3-5,12-15H2,1-2H3,(H,24,27)(H,25,28). The van der Waals surface area contributed by atoms with Crippen LogP contribution in [-0.2, 0) is 22.4 Å². The zero-order valence-electron chi connectivity index (χ0n) is 17.2. The van der Waals surface area contributed by atoms with E-state index in [1.165, 1.54) is 23.2 Å². The van der Waals surface area contributed by atoms with Crippen molar-refractivity contribution < 1.29 is 14.3 Å². The summed E-state index contributed by atoms with van der Waals surface area (Å²) in [5, 5.41) is 5.28. The second-order valence-electron chi connectivity index (χ2n) is 7.24. The van der Waals surface area contributed by atoms with Gasteiger partial charge in [0.1, 0.15) is 5.75 Å². The van der Waals surface area contributed by atoms with Crippen molar-refractivity contribution in [3.63, 3.8) is 0 Å². The van der Waals surface area contributed by atoms with E-state index in [9.17, 15) is 9.59 Å². The second kappa shape index (κ2) is 9.96. The number of rotatable bonds is 7. The van der Waals surface area contributed by atoms with Crippen LogP contribution < -0.4 is 20.3 Å². The van der Waals surface area contributed by atoms with E-state index in [1.54, 1.807) is 31.4 Å². The molecule has 1 heterocycles. The summed E-state index contributed by atoms with van der Waals surface area (Å²) in [5.41, 5.74) is 4.45. The van der Waals surface area contributed by atoms with Crippen molar-refractivity contribution in [1.82, 2.24) is 5.32 Å². The smallest absolute Gasteiger partial charge is 0.313 e. The summed E-state index contributed by atoms with van der Waals surface area (Å²) in [4.78, 5) is 26.5. The molecule has 6 nitrogen and oxygen atoms in total. The zero-order valence-corrected chi connectivity index (χ0v) is 17.2. The van der Waals surface area contributed by atoms with Gasteiger partial charge in [0, 0.05) is 31.0 Å². The van der Waals surface area contributed by atoms with Gasteiger partial charge < -0.3 is 20.3 Å². The highest BCUT2D eigenvalue weighted by Gasteiger charge is 2.17. The first-order chi connectivity index (χ1) is 14.1. The fourth-order valence-corrected chi connectivity index (χ4v) is 3.65. The number of fused-ring (bicyclic) bond motifs is 1. The van der Waals surface area contributed by atoms with Gasteiger partial charge in [0.25, 0.3) is 0 Å². The first kappa shape index (κ1) is 20.7. The Morgan fingerprint density at radius 3 is 2.62 bits per heavy atom. The Morgan fingerprint density at radius 2 is 1.90 bits per heavy atom. The van der Waals surface area contributed by atoms with Crippen LogP contribution in [0.3, 0.4) is 0 Å². The number of carbonyl (C=O) groups excluding carboxylic acids is 2. The highest BCUT2D eigenvalue weighted by atomic mass is 16.5. The summed E-state index contributed by atoms with van der Waals surface area (Å²) < 4.78 is 5.07. The topological polar surface area (TPSA) is 70.7 Å². The number of carbonyl (C=O) groups is 2. The predicted molar refractivity (Wildman–Crippen MR) is 116 cm³/mol. The largest absolute Gasteiger partial charge is 0.497 e. The number of amides is 2. The third-order valence-electron chi connectivity index (χ3n) is 5.11. The summed E-state index contributed by atoms with van der Waals surface area (Å²) in [7, 11) is 1.57. The lowest BCUT2D eigenvalue weighted by atomic mass is 9.98. The molecule has 0 spiro atoms. The summed E-state index contributed by atoms with van der Waals surface area (Å²) in [5.74, 6) is -0.612. The summed E-state index contributed by atoms with van der Waals surface area (Å²) in [6.07, 6.45) is 4.12. The Labute approximate surface area is 172 Å². The first-order valence-corrected chi connectivity index (χ1v) is 10.2. The minimum Gasteiger partial charge on any atom is -0.497 e. The number of methoxy groups -OCH3 is 1. The van der Waals surface area contributed by atoms with Crippen molar-refractivity contribution in [3.05, 3.63) is 53.6 Å². The molecule has 1 aliphatic heterocycles. The Hall–Kier alpha value is -3.02. The average molecular weight is 396 g/mol. The third kappa shape index (κ3) is 5.50. The van der Waals surface area contributed by atoms with Crippen LogP contribution in [0.2, 0.25) is 0 Å². The molecule has 2 N–H and O–H groups in total. The zero-order chi connectivity index (χ0) is 20.6. The molecule has 0 unspecified atom stereocenters. The van der Waals surface area contributed by atoms with Crippen LogP contribution in [0.1, 0.15) is 30.9 Å². The first-order valence-electron chi connectivity index (χ1n) is 10.2. The summed E-state index contributed by atoms with van der Waals surface area (Å²) in [6, 6.07) is 13.4. The number of anilines is 2. The van der Waals surface area contributed by atoms with E-state index in [-0.39, 0.29) is 0 Å². The Bertz CT molecular complexity index is 849. The summed E-state index contributed by atoms with van der Waals surface area (Å²) in [6.45, 7) is 4.84. The molecule has 0 aliphatic carbocycles. The number of nitrogens with one attached hydrogen (secondary N) is 2. The van der Waals surface area contributed by atoms with Crippen molar-refractivity contribution in [3.8, 4) is 5.75 Å². The SMILES string of the molecule is CCCN1CCCc2cc(CCNC(=O)C(=O)Nc3ccc(OC)cc3)ccc21. The molecule has 1 aliphatic rings. The van der Waals surface area contributed by atoms with Crippen LogP contribution >= 0.6 is 0 Å². The van der Waals surface area contributed by atoms with Crippen LogP contribution in [0.4, 0.5) is 11.4 Å². The lowest BCUT2D eigenvalue weighted by Crippen LogP contribution is -2.36. The van der Waals surface area contributed by atoms with Crippen molar-refractivity contribution in [2.45, 2.75) is 32.6 Å². The molecule has 0 atom stereocenters. The average Bonchev–Trinajstić information content (AvgIpc) is 2.74. The Kier molecular flexibility index (Phi) is 7.11. The number of nitrogens with zero attached hydrogens (tertiary/aromatic N) is 1. The van der Waals surface area contributed by atoms with E-state index in [4.69, 9.17) is 4.74 Å². The molecule has 0 bridgehead atoms. The maximum atomic E-state index is 12.1. The fourth-order valence-electron chi connectivity index (χ4n) is 3.65. The highest BCUT2D eigenvalue weighted by Crippen LogP contribution is 2.28. The van der Waals surface area contributed by atoms with Crippen molar-refractivity contribution in [1.29, 1.82) is 0 Å². The van der Waals surface area contributed by atoms with Gasteiger partial charge in [-0.25, -0.2) is 0 Å². The highest BCUT2D eigenvalue weighted by molar-refractivity contribution is 6.39. The molecule has 3 rings (SSSR count). The molecular formula is C23H29N3O3. The van der Waals surface area contributed by atoms with E-state index in [0.717, 1.165) is 25.9 Å². The molecular weight excluding hydrogens is 366 g/mol. The van der Waals surface area contributed by atoms with Gasteiger partial charge in [-0.3, -0.25) is 9.59 Å². The number of ether oxygens (including phenoxy) is 1. The van der Waals surface area contributed by atoms with E-state index in [0.29, 0.717) is 24.4 Å². The molecule has 2 amide bonds. The molecule has 6 heteroatoms. The molecule has 29 heavy (non-hydrogen) atoms. The maximum absolute atomic E-state index is 12.1. The lowest BCUT2D eigenvalue weighted by Gasteiger charge is -2.31.